The summed E-state index contributed by atoms with van der Waals surface area (Å²) in [7, 11) is 0. The molecule has 7 atom stereocenters. The van der Waals surface area contributed by atoms with E-state index in [2.05, 4.69) is 64.1 Å². The van der Waals surface area contributed by atoms with E-state index in [9.17, 15) is 4.79 Å². The van der Waals surface area contributed by atoms with E-state index in [1.54, 1.807) is 0 Å². The van der Waals surface area contributed by atoms with Crippen LogP contribution in [0.25, 0.3) is 0 Å². The second-order valence-electron chi connectivity index (χ2n) is 13.0. The molecule has 0 spiro atoms. The fourth-order valence-electron chi connectivity index (χ4n) is 8.83. The molecule has 1 aromatic carbocycles. The molecule has 3 fully saturated rings. The normalized spacial score (nSPS) is 38.7. The summed E-state index contributed by atoms with van der Waals surface area (Å²) < 4.78 is 12.0. The van der Waals surface area contributed by atoms with E-state index in [1.165, 1.54) is 49.7 Å². The minimum atomic E-state index is -0.506. The Balaban J connectivity index is 1.30. The van der Waals surface area contributed by atoms with Gasteiger partial charge in [0.15, 0.2) is 0 Å². The molecule has 3 nitrogen and oxygen atoms in total. The maximum Gasteiger partial charge on any atom is 0.315 e. The Labute approximate surface area is 213 Å². The summed E-state index contributed by atoms with van der Waals surface area (Å²) in [5.41, 5.74) is 2.78. The van der Waals surface area contributed by atoms with Crippen molar-refractivity contribution in [2.75, 3.05) is 6.61 Å². The van der Waals surface area contributed by atoms with E-state index in [0.717, 1.165) is 37.2 Å². The Morgan fingerprint density at radius 3 is 2.49 bits per heavy atom. The molecule has 3 unspecified atom stereocenters. The topological polar surface area (TPSA) is 35.5 Å². The lowest BCUT2D eigenvalue weighted by atomic mass is 9.45. The summed E-state index contributed by atoms with van der Waals surface area (Å²) in [4.78, 5) is 12.7. The third kappa shape index (κ3) is 4.20. The lowest BCUT2D eigenvalue weighted by Crippen LogP contribution is -2.53. The van der Waals surface area contributed by atoms with Gasteiger partial charge in [0.25, 0.3) is 0 Å². The zero-order valence-corrected chi connectivity index (χ0v) is 22.6. The molecular formula is C32H46O3. The van der Waals surface area contributed by atoms with Crippen molar-refractivity contribution in [3.8, 4) is 0 Å². The minimum Gasteiger partial charge on any atom is -0.465 e. The highest BCUT2D eigenvalue weighted by atomic mass is 16.5. The number of hydrogen-bond acceptors (Lipinski definition) is 3. The zero-order valence-electron chi connectivity index (χ0n) is 22.6. The van der Waals surface area contributed by atoms with Crippen LogP contribution in [0, 0.1) is 39.9 Å². The van der Waals surface area contributed by atoms with Crippen LogP contribution in [0.3, 0.4) is 0 Å². The van der Waals surface area contributed by atoms with Gasteiger partial charge in [0.1, 0.15) is 0 Å². The van der Waals surface area contributed by atoms with Gasteiger partial charge < -0.3 is 9.47 Å². The molecule has 1 aromatic rings. The summed E-state index contributed by atoms with van der Waals surface area (Å²) in [6, 6.07) is 10.7. The van der Waals surface area contributed by atoms with Gasteiger partial charge in [-0.25, -0.2) is 0 Å². The highest BCUT2D eigenvalue weighted by Gasteiger charge is 2.60. The van der Waals surface area contributed by atoms with E-state index >= 15 is 0 Å². The second-order valence-corrected chi connectivity index (χ2v) is 13.0. The number of rotatable bonds is 6. The number of carbonyl (C=O) groups is 1. The average Bonchev–Trinajstić information content (AvgIpc) is 3.19. The third-order valence-electron chi connectivity index (χ3n) is 11.1. The average molecular weight is 479 g/mol. The Morgan fingerprint density at radius 1 is 1.00 bits per heavy atom. The first-order chi connectivity index (χ1) is 16.7. The van der Waals surface area contributed by atoms with E-state index in [4.69, 9.17) is 9.47 Å². The molecule has 4 aliphatic carbocycles. The predicted molar refractivity (Wildman–Crippen MR) is 141 cm³/mol. The number of benzene rings is 1. The number of carbonyl (C=O) groups excluding carboxylic acids is 1. The fourth-order valence-corrected chi connectivity index (χ4v) is 8.83. The summed E-state index contributed by atoms with van der Waals surface area (Å²) >= 11 is 0. The quantitative estimate of drug-likeness (QED) is 0.310. The van der Waals surface area contributed by atoms with Crippen LogP contribution in [-0.2, 0) is 20.9 Å². The van der Waals surface area contributed by atoms with Crippen molar-refractivity contribution >= 4 is 5.97 Å². The molecule has 0 bridgehead atoms. The monoisotopic (exact) mass is 478 g/mol. The van der Waals surface area contributed by atoms with Crippen LogP contribution in [0.15, 0.2) is 42.0 Å². The van der Waals surface area contributed by atoms with E-state index in [0.29, 0.717) is 29.5 Å². The summed E-state index contributed by atoms with van der Waals surface area (Å²) in [6.45, 7) is 12.4. The van der Waals surface area contributed by atoms with Crippen molar-refractivity contribution in [1.29, 1.82) is 0 Å². The van der Waals surface area contributed by atoms with Gasteiger partial charge in [0.2, 0.25) is 0 Å². The molecule has 35 heavy (non-hydrogen) atoms. The van der Waals surface area contributed by atoms with Gasteiger partial charge in [-0.15, -0.1) is 0 Å². The molecule has 0 heterocycles. The molecule has 0 saturated heterocycles. The van der Waals surface area contributed by atoms with E-state index < -0.39 is 5.41 Å². The number of esters is 1. The van der Waals surface area contributed by atoms with E-state index in [1.807, 2.05) is 6.92 Å². The Morgan fingerprint density at radius 2 is 1.74 bits per heavy atom. The molecule has 5 rings (SSSR count). The van der Waals surface area contributed by atoms with Crippen molar-refractivity contribution in [3.05, 3.63) is 47.5 Å². The van der Waals surface area contributed by atoms with Crippen LogP contribution in [0.4, 0.5) is 0 Å². The first kappa shape index (κ1) is 25.1. The van der Waals surface area contributed by atoms with Crippen molar-refractivity contribution in [1.82, 2.24) is 0 Å². The molecule has 4 aliphatic rings. The smallest absolute Gasteiger partial charge is 0.315 e. The van der Waals surface area contributed by atoms with Crippen molar-refractivity contribution in [2.45, 2.75) is 98.7 Å². The van der Waals surface area contributed by atoms with Crippen LogP contribution in [-0.4, -0.2) is 18.7 Å². The lowest BCUT2D eigenvalue weighted by Gasteiger charge is -2.60. The molecule has 0 amide bonds. The zero-order chi connectivity index (χ0) is 24.8. The predicted octanol–water partition coefficient (Wildman–Crippen LogP) is 7.74. The summed E-state index contributed by atoms with van der Waals surface area (Å²) in [5.74, 6) is 3.04. The number of hydrogen-bond donors (Lipinski definition) is 0. The fraction of sp³-hybridized carbons (Fsp3) is 0.719. The lowest BCUT2D eigenvalue weighted by molar-refractivity contribution is -0.152. The van der Waals surface area contributed by atoms with Gasteiger partial charge in [0.05, 0.1) is 24.7 Å². The largest absolute Gasteiger partial charge is 0.465 e. The van der Waals surface area contributed by atoms with Crippen LogP contribution in [0.2, 0.25) is 0 Å². The van der Waals surface area contributed by atoms with Gasteiger partial charge in [-0.2, -0.15) is 0 Å². The maximum atomic E-state index is 12.7. The van der Waals surface area contributed by atoms with Crippen LogP contribution < -0.4 is 0 Å². The van der Waals surface area contributed by atoms with Crippen LogP contribution in [0.1, 0.15) is 91.5 Å². The second kappa shape index (κ2) is 9.36. The van der Waals surface area contributed by atoms with Gasteiger partial charge in [-0.3, -0.25) is 4.79 Å². The molecule has 0 radical (unpaired) electrons. The molecule has 0 aliphatic heterocycles. The van der Waals surface area contributed by atoms with Gasteiger partial charge >= 0.3 is 5.97 Å². The van der Waals surface area contributed by atoms with Crippen molar-refractivity contribution in [3.63, 3.8) is 0 Å². The van der Waals surface area contributed by atoms with Crippen LogP contribution in [0.5, 0.6) is 0 Å². The first-order valence-corrected chi connectivity index (χ1v) is 14.2. The molecule has 0 aromatic heterocycles. The number of ether oxygens (including phenoxy) is 2. The Hall–Kier alpha value is -1.61. The number of fused-ring (bicyclic) bond motifs is 5. The van der Waals surface area contributed by atoms with Gasteiger partial charge in [-0.1, -0.05) is 55.8 Å². The van der Waals surface area contributed by atoms with Crippen molar-refractivity contribution in [2.24, 2.45) is 39.9 Å². The Kier molecular flexibility index (Phi) is 6.70. The molecule has 3 saturated carbocycles. The van der Waals surface area contributed by atoms with Crippen LogP contribution >= 0.6 is 0 Å². The van der Waals surface area contributed by atoms with Crippen molar-refractivity contribution < 1.29 is 14.3 Å². The maximum absolute atomic E-state index is 12.7. The van der Waals surface area contributed by atoms with E-state index in [-0.39, 0.29) is 5.97 Å². The Bertz CT molecular complexity index is 949. The highest BCUT2D eigenvalue weighted by Crippen LogP contribution is 2.67. The third-order valence-corrected chi connectivity index (χ3v) is 11.1. The summed E-state index contributed by atoms with van der Waals surface area (Å²) in [5, 5.41) is 0. The molecule has 3 heteroatoms. The first-order valence-electron chi connectivity index (χ1n) is 14.2. The van der Waals surface area contributed by atoms with Gasteiger partial charge in [-0.05, 0) is 112 Å². The van der Waals surface area contributed by atoms with Gasteiger partial charge in [0, 0.05) is 0 Å². The molecule has 192 valence electrons. The summed E-state index contributed by atoms with van der Waals surface area (Å²) in [6.07, 6.45) is 12.8. The molecule has 0 N–H and O–H groups in total. The SMILES string of the molecule is CCOC(=O)C(C)(C)C1=CC[C@]2(C)C3CC[C@@]4(C)C(CC[C@@H]4OCc4ccccc4)C3CC[C@H]2C1. The molecular weight excluding hydrogens is 432 g/mol. The highest BCUT2D eigenvalue weighted by molar-refractivity contribution is 5.79. The minimum absolute atomic E-state index is 0.0653. The standard InChI is InChI=1S/C32H46O3/c1-6-34-29(33)30(2,3)23-16-18-31(4)24(20-23)12-13-25-26-14-15-28(32(26,5)19-17-27(25)31)35-21-22-10-8-7-9-11-22/h7-11,16,24-28H,6,12-15,17-21H2,1-5H3/t24-,25?,26?,27?,28-,31-,32-/m0/s1. The number of allylic oxidation sites excluding steroid dienone is 1.